The number of hydrogen-bond donors (Lipinski definition) is 0. The fraction of sp³-hybridized carbons (Fsp3) is 0.304. The molecule has 26 heavy (non-hydrogen) atoms. The Kier molecular flexibility index (Phi) is 3.46. The average molecular weight is 339 g/mol. The van der Waals surface area contributed by atoms with Crippen LogP contribution in [-0.2, 0) is 5.54 Å². The van der Waals surface area contributed by atoms with E-state index < -0.39 is 0 Å². The minimum absolute atomic E-state index is 0.260. The fourth-order valence-electron chi connectivity index (χ4n) is 5.08. The van der Waals surface area contributed by atoms with Crippen molar-refractivity contribution in [3.8, 4) is 17.5 Å². The number of aromatic nitrogens is 2. The SMILES string of the molecule is N#Cc1cccc(C2(CC3CCCC3)c3ccccc3-c3nccn32)c1. The van der Waals surface area contributed by atoms with Crippen molar-refractivity contribution in [2.75, 3.05) is 0 Å². The second kappa shape index (κ2) is 5.85. The summed E-state index contributed by atoms with van der Waals surface area (Å²) in [6, 6.07) is 19.1. The molecule has 1 aliphatic heterocycles. The monoisotopic (exact) mass is 339 g/mol. The molecule has 0 radical (unpaired) electrons. The minimum Gasteiger partial charge on any atom is -0.317 e. The zero-order valence-electron chi connectivity index (χ0n) is 14.7. The molecule has 0 saturated heterocycles. The molecular formula is C23H21N3. The van der Waals surface area contributed by atoms with Gasteiger partial charge < -0.3 is 4.57 Å². The van der Waals surface area contributed by atoms with Gasteiger partial charge in [0, 0.05) is 18.0 Å². The van der Waals surface area contributed by atoms with Crippen LogP contribution in [0.5, 0.6) is 0 Å². The molecule has 1 fully saturated rings. The van der Waals surface area contributed by atoms with Crippen LogP contribution in [0.2, 0.25) is 0 Å². The maximum Gasteiger partial charge on any atom is 0.141 e. The summed E-state index contributed by atoms with van der Waals surface area (Å²) in [5, 5.41) is 9.45. The molecule has 3 nitrogen and oxygen atoms in total. The lowest BCUT2D eigenvalue weighted by molar-refractivity contribution is 0.331. The van der Waals surface area contributed by atoms with E-state index in [1.54, 1.807) is 0 Å². The van der Waals surface area contributed by atoms with E-state index >= 15 is 0 Å². The average Bonchev–Trinajstić information content (AvgIpc) is 3.41. The second-order valence-electron chi connectivity index (χ2n) is 7.57. The molecule has 2 heterocycles. The summed E-state index contributed by atoms with van der Waals surface area (Å²) in [5.41, 5.74) is 4.21. The maximum absolute atomic E-state index is 9.45. The van der Waals surface area contributed by atoms with Gasteiger partial charge in [0.2, 0.25) is 0 Å². The van der Waals surface area contributed by atoms with Crippen LogP contribution in [0, 0.1) is 17.2 Å². The van der Waals surface area contributed by atoms with Gasteiger partial charge in [0.05, 0.1) is 17.2 Å². The Labute approximate surface area is 153 Å². The van der Waals surface area contributed by atoms with Crippen molar-refractivity contribution >= 4 is 0 Å². The highest BCUT2D eigenvalue weighted by Crippen LogP contribution is 2.51. The predicted molar refractivity (Wildman–Crippen MR) is 102 cm³/mol. The largest absolute Gasteiger partial charge is 0.317 e. The van der Waals surface area contributed by atoms with Crippen molar-refractivity contribution in [3.63, 3.8) is 0 Å². The molecule has 0 bridgehead atoms. The first-order chi connectivity index (χ1) is 12.8. The molecule has 2 aromatic carbocycles. The van der Waals surface area contributed by atoms with E-state index in [4.69, 9.17) is 0 Å². The van der Waals surface area contributed by atoms with Crippen LogP contribution in [0.1, 0.15) is 48.8 Å². The van der Waals surface area contributed by atoms with Gasteiger partial charge in [0.1, 0.15) is 5.82 Å². The Hall–Kier alpha value is -2.86. The molecule has 3 aromatic rings. The number of nitrogens with zero attached hydrogens (tertiary/aromatic N) is 3. The number of nitriles is 1. The van der Waals surface area contributed by atoms with Crippen LogP contribution < -0.4 is 0 Å². The molecule has 1 unspecified atom stereocenters. The van der Waals surface area contributed by atoms with Gasteiger partial charge in [-0.1, -0.05) is 62.1 Å². The van der Waals surface area contributed by atoms with E-state index in [-0.39, 0.29) is 5.54 Å². The smallest absolute Gasteiger partial charge is 0.141 e. The Balaban J connectivity index is 1.79. The van der Waals surface area contributed by atoms with Crippen LogP contribution in [0.15, 0.2) is 60.9 Å². The standard InChI is InChI=1S/C23H21N3/c24-16-18-8-5-9-19(14-18)23(15-17-6-1-2-7-17)21-11-4-3-10-20(21)22-25-12-13-26(22)23/h3-5,8-14,17H,1-2,6-7,15H2. The Bertz CT molecular complexity index is 1000. The van der Waals surface area contributed by atoms with Crippen LogP contribution in [0.25, 0.3) is 11.4 Å². The number of fused-ring (bicyclic) bond motifs is 3. The summed E-state index contributed by atoms with van der Waals surface area (Å²) in [6.07, 6.45) is 10.3. The summed E-state index contributed by atoms with van der Waals surface area (Å²) >= 11 is 0. The van der Waals surface area contributed by atoms with Crippen molar-refractivity contribution in [2.24, 2.45) is 5.92 Å². The molecule has 1 atom stereocenters. The van der Waals surface area contributed by atoms with Gasteiger partial charge in [-0.15, -0.1) is 0 Å². The highest BCUT2D eigenvalue weighted by atomic mass is 15.2. The second-order valence-corrected chi connectivity index (χ2v) is 7.57. The normalized spacial score (nSPS) is 21.3. The van der Waals surface area contributed by atoms with Gasteiger partial charge in [-0.2, -0.15) is 5.26 Å². The zero-order chi connectivity index (χ0) is 17.6. The van der Waals surface area contributed by atoms with E-state index in [1.165, 1.54) is 42.4 Å². The van der Waals surface area contributed by atoms with Crippen molar-refractivity contribution in [3.05, 3.63) is 77.6 Å². The van der Waals surface area contributed by atoms with Crippen LogP contribution in [-0.4, -0.2) is 9.55 Å². The lowest BCUT2D eigenvalue weighted by atomic mass is 9.75. The summed E-state index contributed by atoms with van der Waals surface area (Å²) in [4.78, 5) is 4.67. The molecule has 128 valence electrons. The minimum atomic E-state index is -0.260. The molecule has 1 aromatic heterocycles. The van der Waals surface area contributed by atoms with Crippen LogP contribution >= 0.6 is 0 Å². The molecule has 1 aliphatic carbocycles. The van der Waals surface area contributed by atoms with E-state index in [2.05, 4.69) is 58.2 Å². The number of hydrogen-bond acceptors (Lipinski definition) is 2. The van der Waals surface area contributed by atoms with Crippen molar-refractivity contribution < 1.29 is 0 Å². The van der Waals surface area contributed by atoms with Crippen molar-refractivity contribution in [2.45, 2.75) is 37.6 Å². The molecule has 1 saturated carbocycles. The first-order valence-electron chi connectivity index (χ1n) is 9.47. The summed E-state index contributed by atoms with van der Waals surface area (Å²) in [7, 11) is 0. The Morgan fingerprint density at radius 2 is 1.96 bits per heavy atom. The van der Waals surface area contributed by atoms with Gasteiger partial charge in [0.25, 0.3) is 0 Å². The van der Waals surface area contributed by atoms with E-state index in [9.17, 15) is 5.26 Å². The summed E-state index contributed by atoms with van der Waals surface area (Å²) < 4.78 is 2.35. The third-order valence-corrected chi connectivity index (χ3v) is 6.19. The molecule has 0 N–H and O–H groups in total. The van der Waals surface area contributed by atoms with Crippen molar-refractivity contribution in [1.82, 2.24) is 9.55 Å². The van der Waals surface area contributed by atoms with Crippen LogP contribution in [0.3, 0.4) is 0 Å². The Morgan fingerprint density at radius 3 is 2.81 bits per heavy atom. The molecule has 2 aliphatic rings. The van der Waals surface area contributed by atoms with E-state index in [0.717, 1.165) is 17.8 Å². The highest BCUT2D eigenvalue weighted by molar-refractivity contribution is 5.71. The van der Waals surface area contributed by atoms with Gasteiger partial charge >= 0.3 is 0 Å². The topological polar surface area (TPSA) is 41.6 Å². The molecule has 0 amide bonds. The van der Waals surface area contributed by atoms with Crippen molar-refractivity contribution in [1.29, 1.82) is 5.26 Å². The predicted octanol–water partition coefficient (Wildman–Crippen LogP) is 5.11. The third kappa shape index (κ3) is 2.08. The highest BCUT2D eigenvalue weighted by Gasteiger charge is 2.46. The Morgan fingerprint density at radius 1 is 1.12 bits per heavy atom. The lowest BCUT2D eigenvalue weighted by Crippen LogP contribution is -2.35. The first-order valence-corrected chi connectivity index (χ1v) is 9.47. The van der Waals surface area contributed by atoms with E-state index in [1.807, 2.05) is 18.3 Å². The quantitative estimate of drug-likeness (QED) is 0.665. The number of benzene rings is 2. The summed E-state index contributed by atoms with van der Waals surface area (Å²) in [5.74, 6) is 1.75. The number of rotatable bonds is 3. The zero-order valence-corrected chi connectivity index (χ0v) is 14.7. The lowest BCUT2D eigenvalue weighted by Gasteiger charge is -2.36. The summed E-state index contributed by atoms with van der Waals surface area (Å²) in [6.45, 7) is 0. The van der Waals surface area contributed by atoms with E-state index in [0.29, 0.717) is 5.92 Å². The molecular weight excluding hydrogens is 318 g/mol. The molecule has 0 spiro atoms. The van der Waals surface area contributed by atoms with Gasteiger partial charge in [-0.05, 0) is 35.6 Å². The van der Waals surface area contributed by atoms with Crippen LogP contribution in [0.4, 0.5) is 0 Å². The third-order valence-electron chi connectivity index (χ3n) is 6.19. The van der Waals surface area contributed by atoms with Gasteiger partial charge in [-0.25, -0.2) is 4.98 Å². The van der Waals surface area contributed by atoms with Gasteiger partial charge in [0.15, 0.2) is 0 Å². The molecule has 3 heteroatoms. The fourth-order valence-corrected chi connectivity index (χ4v) is 5.08. The maximum atomic E-state index is 9.45. The number of imidazole rings is 1. The molecule has 5 rings (SSSR count). The van der Waals surface area contributed by atoms with Gasteiger partial charge in [-0.3, -0.25) is 0 Å². The first kappa shape index (κ1) is 15.4.